The second-order valence-electron chi connectivity index (χ2n) is 3.99. The van der Waals surface area contributed by atoms with Crippen molar-refractivity contribution in [3.8, 4) is 0 Å². The number of rotatable bonds is 1. The van der Waals surface area contributed by atoms with Crippen molar-refractivity contribution in [1.29, 1.82) is 0 Å². The van der Waals surface area contributed by atoms with E-state index in [4.69, 9.17) is 5.73 Å². The highest BCUT2D eigenvalue weighted by atomic mass is 15.1. The summed E-state index contributed by atoms with van der Waals surface area (Å²) in [6.45, 7) is 2.08. The number of anilines is 1. The van der Waals surface area contributed by atoms with Crippen molar-refractivity contribution >= 4 is 16.9 Å². The van der Waals surface area contributed by atoms with Gasteiger partial charge in [-0.15, -0.1) is 0 Å². The molecule has 0 radical (unpaired) electrons. The standard InChI is InChI=1S/C11H14N4/c12-11-6-9-10(2-1-4-14-9)15(11)8-3-5-13-7-8/h1-2,4,6,8,13H,3,5,7,12H2. The van der Waals surface area contributed by atoms with E-state index in [1.807, 2.05) is 12.1 Å². The van der Waals surface area contributed by atoms with Crippen LogP contribution in [0, 0.1) is 0 Å². The van der Waals surface area contributed by atoms with Gasteiger partial charge in [0.05, 0.1) is 11.0 Å². The van der Waals surface area contributed by atoms with E-state index in [9.17, 15) is 0 Å². The topological polar surface area (TPSA) is 55.9 Å². The molecule has 15 heavy (non-hydrogen) atoms. The fourth-order valence-electron chi connectivity index (χ4n) is 2.34. The van der Waals surface area contributed by atoms with Gasteiger partial charge in [0.25, 0.3) is 0 Å². The van der Waals surface area contributed by atoms with Gasteiger partial charge in [0, 0.05) is 24.8 Å². The number of nitrogens with zero attached hydrogens (tertiary/aromatic N) is 2. The van der Waals surface area contributed by atoms with Crippen molar-refractivity contribution in [2.75, 3.05) is 18.8 Å². The molecule has 0 aromatic carbocycles. The summed E-state index contributed by atoms with van der Waals surface area (Å²) in [5.41, 5.74) is 8.16. The molecule has 3 rings (SSSR count). The molecule has 1 saturated heterocycles. The van der Waals surface area contributed by atoms with Crippen LogP contribution in [0.3, 0.4) is 0 Å². The molecule has 78 valence electrons. The van der Waals surface area contributed by atoms with E-state index in [2.05, 4.69) is 20.9 Å². The van der Waals surface area contributed by atoms with Gasteiger partial charge >= 0.3 is 0 Å². The smallest absolute Gasteiger partial charge is 0.106 e. The number of nitrogen functional groups attached to an aromatic ring is 1. The summed E-state index contributed by atoms with van der Waals surface area (Å²) in [7, 11) is 0. The zero-order valence-corrected chi connectivity index (χ0v) is 8.48. The first-order valence-electron chi connectivity index (χ1n) is 5.28. The van der Waals surface area contributed by atoms with E-state index >= 15 is 0 Å². The molecule has 2 aromatic rings. The maximum absolute atomic E-state index is 6.03. The van der Waals surface area contributed by atoms with Crippen LogP contribution in [0.5, 0.6) is 0 Å². The van der Waals surface area contributed by atoms with Gasteiger partial charge in [-0.3, -0.25) is 4.98 Å². The summed E-state index contributed by atoms with van der Waals surface area (Å²) in [5, 5.41) is 3.36. The zero-order valence-electron chi connectivity index (χ0n) is 8.48. The van der Waals surface area contributed by atoms with Crippen molar-refractivity contribution in [2.45, 2.75) is 12.5 Å². The summed E-state index contributed by atoms with van der Waals surface area (Å²) in [5.74, 6) is 0.817. The molecule has 0 saturated carbocycles. The first-order valence-corrected chi connectivity index (χ1v) is 5.28. The van der Waals surface area contributed by atoms with Gasteiger partial charge in [0.2, 0.25) is 0 Å². The second-order valence-corrected chi connectivity index (χ2v) is 3.99. The minimum Gasteiger partial charge on any atom is -0.385 e. The Morgan fingerprint density at radius 2 is 2.47 bits per heavy atom. The molecule has 4 heteroatoms. The molecule has 1 unspecified atom stereocenters. The lowest BCUT2D eigenvalue weighted by atomic mass is 10.2. The molecule has 0 spiro atoms. The van der Waals surface area contributed by atoms with Crippen molar-refractivity contribution in [3.63, 3.8) is 0 Å². The van der Waals surface area contributed by atoms with Crippen LogP contribution >= 0.6 is 0 Å². The predicted octanol–water partition coefficient (Wildman–Crippen LogP) is 1.15. The van der Waals surface area contributed by atoms with Crippen LogP contribution < -0.4 is 11.1 Å². The quantitative estimate of drug-likeness (QED) is 0.729. The predicted molar refractivity (Wildman–Crippen MR) is 60.7 cm³/mol. The van der Waals surface area contributed by atoms with Crippen LogP contribution in [0.15, 0.2) is 24.4 Å². The molecular weight excluding hydrogens is 188 g/mol. The first kappa shape index (κ1) is 8.73. The Balaban J connectivity index is 2.19. The molecule has 3 N–H and O–H groups in total. The minimum absolute atomic E-state index is 0.478. The summed E-state index contributed by atoms with van der Waals surface area (Å²) in [4.78, 5) is 4.31. The van der Waals surface area contributed by atoms with Gasteiger partial charge in [-0.05, 0) is 25.1 Å². The van der Waals surface area contributed by atoms with Gasteiger partial charge in [0.15, 0.2) is 0 Å². The van der Waals surface area contributed by atoms with Crippen molar-refractivity contribution in [2.24, 2.45) is 0 Å². The Morgan fingerprint density at radius 1 is 1.53 bits per heavy atom. The van der Waals surface area contributed by atoms with E-state index in [1.165, 1.54) is 0 Å². The number of hydrogen-bond donors (Lipinski definition) is 2. The van der Waals surface area contributed by atoms with Crippen LogP contribution in [-0.2, 0) is 0 Å². The molecule has 1 aliphatic rings. The number of hydrogen-bond acceptors (Lipinski definition) is 3. The summed E-state index contributed by atoms with van der Waals surface area (Å²) < 4.78 is 2.20. The van der Waals surface area contributed by atoms with Gasteiger partial charge in [-0.25, -0.2) is 0 Å². The van der Waals surface area contributed by atoms with Crippen molar-refractivity contribution in [1.82, 2.24) is 14.9 Å². The number of nitrogens with one attached hydrogen (secondary N) is 1. The third kappa shape index (κ3) is 1.29. The molecule has 0 bridgehead atoms. The number of pyridine rings is 1. The van der Waals surface area contributed by atoms with Crippen LogP contribution in [0.4, 0.5) is 5.82 Å². The normalized spacial score (nSPS) is 21.2. The highest BCUT2D eigenvalue weighted by Crippen LogP contribution is 2.27. The zero-order chi connectivity index (χ0) is 10.3. The largest absolute Gasteiger partial charge is 0.385 e. The lowest BCUT2D eigenvalue weighted by Crippen LogP contribution is -2.14. The lowest BCUT2D eigenvalue weighted by Gasteiger charge is -2.14. The molecule has 0 aliphatic carbocycles. The fourth-order valence-corrected chi connectivity index (χ4v) is 2.34. The highest BCUT2D eigenvalue weighted by Gasteiger charge is 2.20. The Bertz CT molecular complexity index is 482. The van der Waals surface area contributed by atoms with Gasteiger partial charge < -0.3 is 15.6 Å². The minimum atomic E-state index is 0.478. The maximum atomic E-state index is 6.03. The number of aromatic nitrogens is 2. The van der Waals surface area contributed by atoms with E-state index in [1.54, 1.807) is 6.20 Å². The summed E-state index contributed by atoms with van der Waals surface area (Å²) in [6, 6.07) is 6.47. The van der Waals surface area contributed by atoms with Crippen molar-refractivity contribution in [3.05, 3.63) is 24.4 Å². The maximum Gasteiger partial charge on any atom is 0.106 e. The van der Waals surface area contributed by atoms with E-state index in [-0.39, 0.29) is 0 Å². The molecule has 1 fully saturated rings. The highest BCUT2D eigenvalue weighted by molar-refractivity contribution is 5.80. The SMILES string of the molecule is Nc1cc2ncccc2n1C1CCNC1. The van der Waals surface area contributed by atoms with E-state index in [0.717, 1.165) is 36.4 Å². The van der Waals surface area contributed by atoms with Crippen LogP contribution in [0.2, 0.25) is 0 Å². The first-order chi connectivity index (χ1) is 7.36. The molecule has 0 amide bonds. The Morgan fingerprint density at radius 3 is 3.27 bits per heavy atom. The molecule has 1 atom stereocenters. The third-order valence-electron chi connectivity index (χ3n) is 3.04. The summed E-state index contributed by atoms with van der Waals surface area (Å²) in [6.07, 6.45) is 2.95. The van der Waals surface area contributed by atoms with Crippen LogP contribution in [-0.4, -0.2) is 22.6 Å². The van der Waals surface area contributed by atoms with Crippen molar-refractivity contribution < 1.29 is 0 Å². The number of fused-ring (bicyclic) bond motifs is 1. The third-order valence-corrected chi connectivity index (χ3v) is 3.04. The van der Waals surface area contributed by atoms with Gasteiger partial charge in [-0.1, -0.05) is 0 Å². The average molecular weight is 202 g/mol. The monoisotopic (exact) mass is 202 g/mol. The fraction of sp³-hybridized carbons (Fsp3) is 0.364. The Kier molecular flexibility index (Phi) is 1.89. The Hall–Kier alpha value is -1.55. The van der Waals surface area contributed by atoms with Gasteiger partial charge in [0.1, 0.15) is 5.82 Å². The summed E-state index contributed by atoms with van der Waals surface area (Å²) >= 11 is 0. The molecule has 4 nitrogen and oxygen atoms in total. The molecular formula is C11H14N4. The van der Waals surface area contributed by atoms with Gasteiger partial charge in [-0.2, -0.15) is 0 Å². The number of nitrogens with two attached hydrogens (primary N) is 1. The average Bonchev–Trinajstić information content (AvgIpc) is 2.82. The van der Waals surface area contributed by atoms with E-state index < -0.39 is 0 Å². The molecule has 3 heterocycles. The Labute approximate surface area is 88.1 Å². The second kappa shape index (κ2) is 3.24. The lowest BCUT2D eigenvalue weighted by molar-refractivity contribution is 0.572. The molecule has 1 aliphatic heterocycles. The van der Waals surface area contributed by atoms with E-state index in [0.29, 0.717) is 6.04 Å². The van der Waals surface area contributed by atoms with Crippen LogP contribution in [0.1, 0.15) is 12.5 Å². The molecule has 2 aromatic heterocycles. The van der Waals surface area contributed by atoms with Crippen LogP contribution in [0.25, 0.3) is 11.0 Å².